The van der Waals surface area contributed by atoms with Crippen molar-refractivity contribution in [2.24, 2.45) is 0 Å². The van der Waals surface area contributed by atoms with E-state index in [1.54, 1.807) is 18.2 Å². The Morgan fingerprint density at radius 3 is 2.50 bits per heavy atom. The first kappa shape index (κ1) is 19.1. The summed E-state index contributed by atoms with van der Waals surface area (Å²) in [5.74, 6) is -0.313. The molecule has 2 aromatic rings. The van der Waals surface area contributed by atoms with Gasteiger partial charge in [-0.3, -0.25) is 9.10 Å². The highest BCUT2D eigenvalue weighted by Gasteiger charge is 2.35. The summed E-state index contributed by atoms with van der Waals surface area (Å²) >= 11 is 17.9. The molecule has 1 N–H and O–H groups in total. The number of rotatable bonds is 3. The molecule has 26 heavy (non-hydrogen) atoms. The second-order valence-electron chi connectivity index (χ2n) is 5.63. The Kier molecular flexibility index (Phi) is 5.25. The van der Waals surface area contributed by atoms with Gasteiger partial charge in [0.05, 0.1) is 29.2 Å². The van der Waals surface area contributed by atoms with Gasteiger partial charge in [0.25, 0.3) is 5.91 Å². The predicted molar refractivity (Wildman–Crippen MR) is 103 cm³/mol. The molecule has 0 aromatic heterocycles. The summed E-state index contributed by atoms with van der Waals surface area (Å²) in [4.78, 5) is 12.6. The number of carbonyl (C=O) groups is 1. The van der Waals surface area contributed by atoms with E-state index in [1.165, 1.54) is 18.2 Å². The van der Waals surface area contributed by atoms with Crippen LogP contribution in [0.25, 0.3) is 0 Å². The molecule has 1 aliphatic rings. The van der Waals surface area contributed by atoms with Crippen molar-refractivity contribution in [1.82, 2.24) is 0 Å². The van der Waals surface area contributed by atoms with E-state index in [2.05, 4.69) is 5.32 Å². The van der Waals surface area contributed by atoms with Crippen molar-refractivity contribution in [2.75, 3.05) is 22.4 Å². The van der Waals surface area contributed by atoms with Crippen LogP contribution in [0.4, 0.5) is 11.4 Å². The lowest BCUT2D eigenvalue weighted by molar-refractivity contribution is -0.122. The van der Waals surface area contributed by atoms with Crippen LogP contribution in [-0.4, -0.2) is 33.2 Å². The van der Waals surface area contributed by atoms with Gasteiger partial charge < -0.3 is 10.1 Å². The summed E-state index contributed by atoms with van der Waals surface area (Å²) in [7, 11) is -3.64. The highest BCUT2D eigenvalue weighted by molar-refractivity contribution is 7.92. The maximum absolute atomic E-state index is 12.6. The van der Waals surface area contributed by atoms with Gasteiger partial charge in [0.2, 0.25) is 10.0 Å². The second kappa shape index (κ2) is 7.15. The molecule has 0 unspecified atom stereocenters. The summed E-state index contributed by atoms with van der Waals surface area (Å²) in [6.07, 6.45) is -0.0281. The summed E-state index contributed by atoms with van der Waals surface area (Å²) < 4.78 is 31.0. The number of hydrogen-bond donors (Lipinski definition) is 1. The lowest BCUT2D eigenvalue weighted by Crippen LogP contribution is -2.48. The predicted octanol–water partition coefficient (Wildman–Crippen LogP) is 3.81. The van der Waals surface area contributed by atoms with E-state index >= 15 is 0 Å². The summed E-state index contributed by atoms with van der Waals surface area (Å²) in [5.41, 5.74) is 0.588. The second-order valence-corrected chi connectivity index (χ2v) is 8.81. The average molecular weight is 436 g/mol. The number of carbonyl (C=O) groups excluding carboxylic acids is 1. The van der Waals surface area contributed by atoms with Crippen LogP contribution < -0.4 is 14.4 Å². The summed E-state index contributed by atoms with van der Waals surface area (Å²) in [6, 6.07) is 9.16. The number of amides is 1. The molecule has 3 rings (SSSR count). The van der Waals surface area contributed by atoms with Crippen LogP contribution in [0.15, 0.2) is 36.4 Å². The van der Waals surface area contributed by atoms with E-state index in [0.717, 1.165) is 10.6 Å². The molecule has 10 heteroatoms. The van der Waals surface area contributed by atoms with Gasteiger partial charge in [-0.05, 0) is 36.4 Å². The van der Waals surface area contributed by atoms with Crippen LogP contribution >= 0.6 is 34.8 Å². The molecule has 6 nitrogen and oxygen atoms in total. The largest absolute Gasteiger partial charge is 0.476 e. The SMILES string of the molecule is CS(=O)(=O)N1C[C@H](C(=O)Nc2cc(Cl)ccc2Cl)Oc2ccc(Cl)cc21. The van der Waals surface area contributed by atoms with Crippen LogP contribution in [-0.2, 0) is 14.8 Å². The van der Waals surface area contributed by atoms with E-state index in [4.69, 9.17) is 39.5 Å². The lowest BCUT2D eigenvalue weighted by Gasteiger charge is -2.34. The number of halogens is 3. The van der Waals surface area contributed by atoms with Gasteiger partial charge in [-0.2, -0.15) is 0 Å². The normalized spacial score (nSPS) is 16.6. The topological polar surface area (TPSA) is 75.7 Å². The van der Waals surface area contributed by atoms with Crippen molar-refractivity contribution in [3.05, 3.63) is 51.5 Å². The quantitative estimate of drug-likeness (QED) is 0.795. The molecule has 0 saturated heterocycles. The molecule has 0 spiro atoms. The van der Waals surface area contributed by atoms with E-state index in [9.17, 15) is 13.2 Å². The first-order chi connectivity index (χ1) is 12.1. The highest BCUT2D eigenvalue weighted by atomic mass is 35.5. The Morgan fingerprint density at radius 2 is 1.81 bits per heavy atom. The standard InChI is InChI=1S/C16H13Cl3N2O4S/c1-26(23,24)21-8-15(25-14-5-3-10(18)7-13(14)21)16(22)20-12-6-9(17)2-4-11(12)19/h2-7,15H,8H2,1H3,(H,20,22)/t15-/m1/s1. The first-order valence-corrected chi connectivity index (χ1v) is 10.3. The molecular formula is C16H13Cl3N2O4S. The van der Waals surface area contributed by atoms with Crippen molar-refractivity contribution in [2.45, 2.75) is 6.10 Å². The number of nitrogens with zero attached hydrogens (tertiary/aromatic N) is 1. The maximum atomic E-state index is 12.6. The Bertz CT molecular complexity index is 981. The Morgan fingerprint density at radius 1 is 1.15 bits per heavy atom. The molecule has 1 atom stereocenters. The number of ether oxygens (including phenoxy) is 1. The molecule has 0 saturated carbocycles. The fourth-order valence-corrected chi connectivity index (χ4v) is 3.89. The fourth-order valence-electron chi connectivity index (χ4n) is 2.48. The highest BCUT2D eigenvalue weighted by Crippen LogP contribution is 2.37. The van der Waals surface area contributed by atoms with Crippen LogP contribution in [0.1, 0.15) is 0 Å². The van der Waals surface area contributed by atoms with Crippen molar-refractivity contribution >= 4 is 62.1 Å². The van der Waals surface area contributed by atoms with E-state index in [-0.39, 0.29) is 18.0 Å². The number of anilines is 2. The minimum Gasteiger partial charge on any atom is -0.476 e. The third-order valence-electron chi connectivity index (χ3n) is 3.67. The number of hydrogen-bond acceptors (Lipinski definition) is 4. The van der Waals surface area contributed by atoms with Gasteiger partial charge in [0, 0.05) is 10.0 Å². The smallest absolute Gasteiger partial charge is 0.267 e. The number of sulfonamides is 1. The molecular weight excluding hydrogens is 423 g/mol. The molecule has 1 amide bonds. The zero-order valence-electron chi connectivity index (χ0n) is 13.4. The number of nitrogens with one attached hydrogen (secondary N) is 1. The van der Waals surface area contributed by atoms with Gasteiger partial charge in [-0.25, -0.2) is 8.42 Å². The molecule has 1 aliphatic heterocycles. The Balaban J connectivity index is 1.91. The van der Waals surface area contributed by atoms with Crippen molar-refractivity contribution in [3.8, 4) is 5.75 Å². The zero-order valence-corrected chi connectivity index (χ0v) is 16.5. The Labute approximate surface area is 165 Å². The first-order valence-electron chi connectivity index (χ1n) is 7.35. The monoisotopic (exact) mass is 434 g/mol. The number of fused-ring (bicyclic) bond motifs is 1. The third kappa shape index (κ3) is 4.01. The van der Waals surface area contributed by atoms with Gasteiger partial charge in [0.15, 0.2) is 6.10 Å². The van der Waals surface area contributed by atoms with Gasteiger partial charge >= 0.3 is 0 Å². The van der Waals surface area contributed by atoms with Crippen molar-refractivity contribution in [3.63, 3.8) is 0 Å². The van der Waals surface area contributed by atoms with Gasteiger partial charge in [-0.1, -0.05) is 34.8 Å². The minimum absolute atomic E-state index is 0.198. The molecule has 1 heterocycles. The van der Waals surface area contributed by atoms with Crippen LogP contribution in [0, 0.1) is 0 Å². The van der Waals surface area contributed by atoms with Crippen LogP contribution in [0.3, 0.4) is 0 Å². The lowest BCUT2D eigenvalue weighted by atomic mass is 10.2. The molecule has 0 fully saturated rings. The van der Waals surface area contributed by atoms with Gasteiger partial charge in [0.1, 0.15) is 5.75 Å². The zero-order chi connectivity index (χ0) is 19.1. The van der Waals surface area contributed by atoms with Crippen LogP contribution in [0.5, 0.6) is 5.75 Å². The van der Waals surface area contributed by atoms with E-state index in [0.29, 0.717) is 20.8 Å². The van der Waals surface area contributed by atoms with E-state index < -0.39 is 22.0 Å². The average Bonchev–Trinajstić information content (AvgIpc) is 2.56. The van der Waals surface area contributed by atoms with Crippen LogP contribution in [0.2, 0.25) is 15.1 Å². The van der Waals surface area contributed by atoms with Gasteiger partial charge in [-0.15, -0.1) is 0 Å². The molecule has 138 valence electrons. The fraction of sp³-hybridized carbons (Fsp3) is 0.188. The molecule has 2 aromatic carbocycles. The van der Waals surface area contributed by atoms with E-state index in [1.807, 2.05) is 0 Å². The van der Waals surface area contributed by atoms with Crippen molar-refractivity contribution in [1.29, 1.82) is 0 Å². The Hall–Kier alpha value is -1.67. The van der Waals surface area contributed by atoms with Crippen molar-refractivity contribution < 1.29 is 17.9 Å². The third-order valence-corrected chi connectivity index (χ3v) is 5.62. The summed E-state index contributed by atoms with van der Waals surface area (Å²) in [6.45, 7) is -0.198. The number of benzene rings is 2. The maximum Gasteiger partial charge on any atom is 0.267 e. The summed E-state index contributed by atoms with van der Waals surface area (Å²) in [5, 5.41) is 3.66. The molecule has 0 radical (unpaired) electrons. The molecule has 0 aliphatic carbocycles. The molecule has 0 bridgehead atoms. The minimum atomic E-state index is -3.64.